The van der Waals surface area contributed by atoms with E-state index in [9.17, 15) is 38.7 Å². The molecule has 0 fully saturated rings. The highest BCUT2D eigenvalue weighted by Crippen LogP contribution is 2.19. The molecule has 44 heavy (non-hydrogen) atoms. The molecule has 0 aliphatic carbocycles. The summed E-state index contributed by atoms with van der Waals surface area (Å²) in [6, 6.07) is 1.98. The van der Waals surface area contributed by atoms with Gasteiger partial charge < -0.3 is 46.2 Å². The van der Waals surface area contributed by atoms with Crippen molar-refractivity contribution in [1.82, 2.24) is 36.2 Å². The van der Waals surface area contributed by atoms with Crippen LogP contribution in [-0.4, -0.2) is 91.2 Å². The average Bonchev–Trinajstić information content (AvgIpc) is 3.63. The zero-order chi connectivity index (χ0) is 32.2. The Balaban J connectivity index is 1.82. The molecule has 3 rings (SSSR count). The normalized spacial score (nSPS) is 13.6. The van der Waals surface area contributed by atoms with Crippen LogP contribution in [0.2, 0.25) is 0 Å². The molecule has 0 aliphatic heterocycles. The second kappa shape index (κ2) is 15.6. The van der Waals surface area contributed by atoms with E-state index in [0.717, 1.165) is 10.9 Å². The highest BCUT2D eigenvalue weighted by atomic mass is 16.4. The maximum absolute atomic E-state index is 13.4. The van der Waals surface area contributed by atoms with Gasteiger partial charge in [0.15, 0.2) is 0 Å². The van der Waals surface area contributed by atoms with E-state index in [1.54, 1.807) is 6.20 Å². The van der Waals surface area contributed by atoms with Gasteiger partial charge in [0.2, 0.25) is 23.6 Å². The van der Waals surface area contributed by atoms with Crippen molar-refractivity contribution in [3.63, 3.8) is 0 Å². The van der Waals surface area contributed by atoms with Gasteiger partial charge in [-0.15, -0.1) is 0 Å². The number of aromatic amines is 2. The number of nitrogens with zero attached hydrogens (tertiary/aromatic N) is 1. The largest absolute Gasteiger partial charge is 0.481 e. The Hall–Kier alpha value is -5.54. The number of aliphatic carboxylic acids is 2. The van der Waals surface area contributed by atoms with E-state index in [-0.39, 0.29) is 25.5 Å². The summed E-state index contributed by atoms with van der Waals surface area (Å²) < 4.78 is 0. The number of amides is 4. The summed E-state index contributed by atoms with van der Waals surface area (Å²) in [6.07, 6.45) is 2.96. The number of rotatable bonds is 17. The Labute approximate surface area is 250 Å². The molecule has 0 spiro atoms. The third-order valence-corrected chi connectivity index (χ3v) is 6.57. The Morgan fingerprint density at radius 2 is 1.52 bits per heavy atom. The number of aromatic nitrogens is 3. The van der Waals surface area contributed by atoms with Crippen LogP contribution in [0.25, 0.3) is 10.9 Å². The van der Waals surface area contributed by atoms with E-state index in [1.807, 2.05) is 24.3 Å². The summed E-state index contributed by atoms with van der Waals surface area (Å²) in [4.78, 5) is 95.3. The lowest BCUT2D eigenvalue weighted by Gasteiger charge is -2.25. The average molecular weight is 612 g/mol. The molecule has 4 atom stereocenters. The zero-order valence-electron chi connectivity index (χ0n) is 23.7. The molecule has 0 unspecified atom stereocenters. The van der Waals surface area contributed by atoms with Crippen molar-refractivity contribution in [1.29, 1.82) is 0 Å². The van der Waals surface area contributed by atoms with E-state index < -0.39 is 72.6 Å². The maximum atomic E-state index is 13.4. The fraction of sp³-hybridized carbons (Fsp3) is 0.357. The summed E-state index contributed by atoms with van der Waals surface area (Å²) in [7, 11) is 0. The van der Waals surface area contributed by atoms with Crippen LogP contribution in [0.4, 0.5) is 0 Å². The van der Waals surface area contributed by atoms with Crippen LogP contribution in [0.15, 0.2) is 43.0 Å². The molecule has 16 nitrogen and oxygen atoms in total. The van der Waals surface area contributed by atoms with Crippen LogP contribution < -0.4 is 21.3 Å². The minimum Gasteiger partial charge on any atom is -0.481 e. The maximum Gasteiger partial charge on any atom is 0.305 e. The van der Waals surface area contributed by atoms with Gasteiger partial charge in [0, 0.05) is 55.2 Å². The molecule has 2 aromatic heterocycles. The van der Waals surface area contributed by atoms with Crippen molar-refractivity contribution in [2.24, 2.45) is 0 Å². The lowest BCUT2D eigenvalue weighted by atomic mass is 10.0. The molecular weight excluding hydrogens is 578 g/mol. The smallest absolute Gasteiger partial charge is 0.305 e. The minimum absolute atomic E-state index is 0.0458. The molecule has 0 saturated heterocycles. The molecule has 4 amide bonds. The van der Waals surface area contributed by atoms with Gasteiger partial charge in [-0.1, -0.05) is 18.2 Å². The first kappa shape index (κ1) is 33.0. The number of hydrogen-bond donors (Lipinski definition) is 8. The lowest BCUT2D eigenvalue weighted by molar-refractivity contribution is -0.140. The van der Waals surface area contributed by atoms with E-state index in [1.165, 1.54) is 19.4 Å². The number of fused-ring (bicyclic) bond motifs is 1. The summed E-state index contributed by atoms with van der Waals surface area (Å²) in [5.74, 6) is -5.69. The third kappa shape index (κ3) is 9.78. The minimum atomic E-state index is -1.45. The van der Waals surface area contributed by atoms with Crippen LogP contribution in [0.1, 0.15) is 37.4 Å². The fourth-order valence-corrected chi connectivity index (χ4v) is 4.49. The summed E-state index contributed by atoms with van der Waals surface area (Å²) in [5, 5.41) is 28.8. The van der Waals surface area contributed by atoms with Gasteiger partial charge in [0.25, 0.3) is 0 Å². The predicted octanol–water partition coefficient (Wildman–Crippen LogP) is -0.826. The number of nitrogens with one attached hydrogen (secondary N) is 6. The molecule has 0 saturated carbocycles. The number of carboxylic acids is 2. The van der Waals surface area contributed by atoms with Gasteiger partial charge in [-0.25, -0.2) is 4.98 Å². The van der Waals surface area contributed by atoms with Crippen molar-refractivity contribution in [3.05, 3.63) is 54.2 Å². The van der Waals surface area contributed by atoms with E-state index in [2.05, 4.69) is 36.2 Å². The van der Waals surface area contributed by atoms with Crippen molar-refractivity contribution in [2.45, 2.75) is 63.2 Å². The Morgan fingerprint density at radius 1 is 0.864 bits per heavy atom. The van der Waals surface area contributed by atoms with Gasteiger partial charge in [0.05, 0.1) is 18.8 Å². The monoisotopic (exact) mass is 611 g/mol. The van der Waals surface area contributed by atoms with E-state index >= 15 is 0 Å². The fourth-order valence-electron chi connectivity index (χ4n) is 4.49. The van der Waals surface area contributed by atoms with Gasteiger partial charge in [-0.2, -0.15) is 0 Å². The van der Waals surface area contributed by atoms with Crippen LogP contribution in [0.3, 0.4) is 0 Å². The van der Waals surface area contributed by atoms with Gasteiger partial charge >= 0.3 is 11.9 Å². The Morgan fingerprint density at radius 3 is 2.16 bits per heavy atom. The number of hydrogen-bond acceptors (Lipinski definition) is 8. The molecule has 2 heterocycles. The molecule has 8 N–H and O–H groups in total. The summed E-state index contributed by atoms with van der Waals surface area (Å²) >= 11 is 0. The Bertz CT molecular complexity index is 1500. The third-order valence-electron chi connectivity index (χ3n) is 6.57. The number of carbonyl (C=O) groups is 7. The van der Waals surface area contributed by atoms with E-state index in [4.69, 9.17) is 5.11 Å². The SMILES string of the molecule is CC(=O)N[C@H](Cc1c[nH]c2ccccc12)C(=O)N[C@H](CCC(=O)O)C(=O)N[C@@H](Cc1cnc[nH]1)C(=O)N[C@@H](C=O)CC(=O)O. The van der Waals surface area contributed by atoms with Gasteiger partial charge in [-0.3, -0.25) is 28.8 Å². The van der Waals surface area contributed by atoms with Crippen molar-refractivity contribution >= 4 is 52.8 Å². The Kier molecular flexibility index (Phi) is 11.7. The number of carboxylic acid groups (broad SMARTS) is 2. The quantitative estimate of drug-likeness (QED) is 0.0880. The number of benzene rings is 1. The molecule has 16 heteroatoms. The standard InChI is InChI=1S/C28H33N7O9/c1-15(37)32-22(8-16-11-30-20-5-3-2-4-19(16)20)28(44)34-21(6-7-24(38)39)26(42)35-23(9-17-12-29-14-31-17)27(43)33-18(13-36)10-25(40)41/h2-5,11-14,18,21-23,30H,6-10H2,1H3,(H,29,31)(H,32,37)(H,33,43)(H,34,44)(H,35,42)(H,38,39)(H,40,41)/t18-,21-,22-,23+/m1/s1. The molecule has 3 aromatic rings. The highest BCUT2D eigenvalue weighted by molar-refractivity contribution is 5.95. The van der Waals surface area contributed by atoms with Gasteiger partial charge in [0.1, 0.15) is 24.4 Å². The molecular formula is C28H33N7O9. The number of carbonyl (C=O) groups excluding carboxylic acids is 5. The van der Waals surface area contributed by atoms with Crippen molar-refractivity contribution in [2.75, 3.05) is 0 Å². The van der Waals surface area contributed by atoms with Crippen LogP contribution in [0.5, 0.6) is 0 Å². The second-order valence-electron chi connectivity index (χ2n) is 10.0. The number of H-pyrrole nitrogens is 2. The lowest BCUT2D eigenvalue weighted by Crippen LogP contribution is -2.58. The van der Waals surface area contributed by atoms with Crippen LogP contribution >= 0.6 is 0 Å². The molecule has 0 aliphatic rings. The van der Waals surface area contributed by atoms with Crippen molar-refractivity contribution in [3.8, 4) is 0 Å². The zero-order valence-corrected chi connectivity index (χ0v) is 23.7. The number of aldehydes is 1. The molecule has 1 aromatic carbocycles. The van der Waals surface area contributed by atoms with Crippen LogP contribution in [-0.2, 0) is 46.4 Å². The molecule has 0 radical (unpaired) electrons. The molecule has 234 valence electrons. The highest BCUT2D eigenvalue weighted by Gasteiger charge is 2.31. The van der Waals surface area contributed by atoms with Crippen LogP contribution in [0, 0.1) is 0 Å². The topological polar surface area (TPSA) is 253 Å². The molecule has 0 bridgehead atoms. The second-order valence-corrected chi connectivity index (χ2v) is 10.0. The number of para-hydroxylation sites is 1. The van der Waals surface area contributed by atoms with E-state index in [0.29, 0.717) is 11.3 Å². The number of imidazole rings is 1. The first-order chi connectivity index (χ1) is 21.0. The first-order valence-corrected chi connectivity index (χ1v) is 13.6. The van der Waals surface area contributed by atoms with Crippen molar-refractivity contribution < 1.29 is 43.8 Å². The van der Waals surface area contributed by atoms with Gasteiger partial charge in [-0.05, 0) is 18.1 Å². The predicted molar refractivity (Wildman–Crippen MR) is 153 cm³/mol. The summed E-state index contributed by atoms with van der Waals surface area (Å²) in [6.45, 7) is 1.22. The first-order valence-electron chi connectivity index (χ1n) is 13.6. The summed E-state index contributed by atoms with van der Waals surface area (Å²) in [5.41, 5.74) is 1.93.